The Morgan fingerprint density at radius 2 is 1.87 bits per heavy atom. The molecule has 30 heavy (non-hydrogen) atoms. The number of ether oxygens (including phenoxy) is 1. The quantitative estimate of drug-likeness (QED) is 0.502. The number of fused-ring (bicyclic) bond motifs is 1. The summed E-state index contributed by atoms with van der Waals surface area (Å²) < 4.78 is 34.6. The van der Waals surface area contributed by atoms with E-state index in [1.54, 1.807) is 61.8 Å². The average Bonchev–Trinajstić information content (AvgIpc) is 2.74. The number of rotatable bonds is 6. The van der Waals surface area contributed by atoms with Gasteiger partial charge in [-0.2, -0.15) is 0 Å². The van der Waals surface area contributed by atoms with Crippen LogP contribution in [0.4, 0.5) is 5.69 Å². The molecule has 0 aliphatic heterocycles. The van der Waals surface area contributed by atoms with E-state index in [9.17, 15) is 8.42 Å². The van der Waals surface area contributed by atoms with Crippen molar-refractivity contribution in [3.63, 3.8) is 0 Å². The Kier molecular flexibility index (Phi) is 5.33. The lowest BCUT2D eigenvalue weighted by Crippen LogP contribution is -2.14. The molecule has 1 N–H and O–H groups in total. The summed E-state index contributed by atoms with van der Waals surface area (Å²) >= 11 is 0. The van der Waals surface area contributed by atoms with Crippen LogP contribution in [0.15, 0.2) is 71.9 Å². The van der Waals surface area contributed by atoms with Crippen molar-refractivity contribution in [3.8, 4) is 17.0 Å². The monoisotopic (exact) mass is 420 g/mol. The minimum Gasteiger partial charge on any atom is -0.492 e. The van der Waals surface area contributed by atoms with Gasteiger partial charge in [-0.15, -0.1) is 0 Å². The second kappa shape index (κ2) is 8.08. The average molecular weight is 420 g/mol. The van der Waals surface area contributed by atoms with Crippen LogP contribution in [0, 0.1) is 6.92 Å². The highest BCUT2D eigenvalue weighted by molar-refractivity contribution is 7.93. The summed E-state index contributed by atoms with van der Waals surface area (Å²) in [5.74, 6) is 1.19. The van der Waals surface area contributed by atoms with Crippen molar-refractivity contribution in [2.24, 2.45) is 0 Å². The first-order chi connectivity index (χ1) is 14.5. The van der Waals surface area contributed by atoms with Crippen LogP contribution in [0.5, 0.6) is 5.75 Å². The van der Waals surface area contributed by atoms with E-state index in [1.165, 1.54) is 6.07 Å². The summed E-state index contributed by atoms with van der Waals surface area (Å²) in [6.07, 6.45) is 3.29. The van der Waals surface area contributed by atoms with Crippen LogP contribution in [0.1, 0.15) is 12.7 Å². The Hall–Kier alpha value is -3.52. The van der Waals surface area contributed by atoms with Crippen molar-refractivity contribution < 1.29 is 13.2 Å². The highest BCUT2D eigenvalue weighted by Gasteiger charge is 2.20. The van der Waals surface area contributed by atoms with Gasteiger partial charge in [0.1, 0.15) is 17.1 Å². The van der Waals surface area contributed by atoms with E-state index in [1.807, 2.05) is 13.0 Å². The number of benzene rings is 2. The number of aryl methyl sites for hydroxylation is 1. The molecule has 0 spiro atoms. The highest BCUT2D eigenvalue weighted by Crippen LogP contribution is 2.31. The minimum absolute atomic E-state index is 0.136. The molecule has 2 heterocycles. The number of nitrogens with zero attached hydrogens (tertiary/aromatic N) is 3. The van der Waals surface area contributed by atoms with Gasteiger partial charge in [0, 0.05) is 29.0 Å². The molecule has 0 amide bonds. The zero-order chi connectivity index (χ0) is 21.1. The first kappa shape index (κ1) is 19.8. The molecule has 4 aromatic rings. The maximum absolute atomic E-state index is 13.2. The standard InChI is InChI=1S/C22H20N4O3S/c1-3-29-20-9-10-21(18-8-5-12-24-22(18)20)30(27,28)26-17-7-4-6-16(14-17)19-11-13-23-15(2)25-19/h4-14,26H,3H2,1-2H3. The highest BCUT2D eigenvalue weighted by atomic mass is 32.2. The number of aromatic nitrogens is 3. The van der Waals surface area contributed by atoms with Gasteiger partial charge in [-0.1, -0.05) is 12.1 Å². The number of anilines is 1. The maximum atomic E-state index is 13.2. The molecule has 7 nitrogen and oxygen atoms in total. The lowest BCUT2D eigenvalue weighted by atomic mass is 10.1. The largest absolute Gasteiger partial charge is 0.492 e. The third-order valence-electron chi connectivity index (χ3n) is 4.47. The molecule has 2 aromatic carbocycles. The number of pyridine rings is 1. The van der Waals surface area contributed by atoms with Gasteiger partial charge in [-0.25, -0.2) is 18.4 Å². The minimum atomic E-state index is -3.86. The van der Waals surface area contributed by atoms with Gasteiger partial charge in [0.2, 0.25) is 0 Å². The summed E-state index contributed by atoms with van der Waals surface area (Å²) in [6, 6.07) is 15.5. The van der Waals surface area contributed by atoms with Crippen LogP contribution >= 0.6 is 0 Å². The summed E-state index contributed by atoms with van der Waals surface area (Å²) in [6.45, 7) is 4.14. The number of nitrogens with one attached hydrogen (secondary N) is 1. The van der Waals surface area contributed by atoms with E-state index in [0.29, 0.717) is 34.8 Å². The van der Waals surface area contributed by atoms with Crippen LogP contribution in [-0.4, -0.2) is 30.0 Å². The number of hydrogen-bond acceptors (Lipinski definition) is 6. The molecule has 0 unspecified atom stereocenters. The molecular formula is C22H20N4O3S. The topological polar surface area (TPSA) is 94.1 Å². The van der Waals surface area contributed by atoms with Gasteiger partial charge in [-0.05, 0) is 56.3 Å². The Morgan fingerprint density at radius 3 is 2.67 bits per heavy atom. The normalized spacial score (nSPS) is 11.4. The summed E-state index contributed by atoms with van der Waals surface area (Å²) in [4.78, 5) is 12.9. The lowest BCUT2D eigenvalue weighted by molar-refractivity contribution is 0.343. The van der Waals surface area contributed by atoms with Crippen LogP contribution < -0.4 is 9.46 Å². The lowest BCUT2D eigenvalue weighted by Gasteiger charge is -2.13. The molecule has 2 aromatic heterocycles. The third-order valence-corrected chi connectivity index (χ3v) is 5.91. The molecule has 0 atom stereocenters. The van der Waals surface area contributed by atoms with Crippen molar-refractivity contribution in [2.75, 3.05) is 11.3 Å². The fraction of sp³-hybridized carbons (Fsp3) is 0.136. The van der Waals surface area contributed by atoms with Crippen molar-refractivity contribution in [1.29, 1.82) is 0 Å². The third kappa shape index (κ3) is 3.95. The first-order valence-electron chi connectivity index (χ1n) is 9.41. The maximum Gasteiger partial charge on any atom is 0.262 e. The second-order valence-electron chi connectivity index (χ2n) is 6.57. The second-order valence-corrected chi connectivity index (χ2v) is 8.22. The molecule has 0 radical (unpaired) electrons. The molecule has 0 saturated heterocycles. The Labute approximate surface area is 174 Å². The van der Waals surface area contributed by atoms with E-state index in [2.05, 4.69) is 19.7 Å². The molecule has 0 saturated carbocycles. The van der Waals surface area contributed by atoms with Gasteiger partial charge in [0.25, 0.3) is 10.0 Å². The predicted molar refractivity (Wildman–Crippen MR) is 116 cm³/mol. The van der Waals surface area contributed by atoms with Crippen molar-refractivity contribution in [1.82, 2.24) is 15.0 Å². The Morgan fingerprint density at radius 1 is 1.00 bits per heavy atom. The summed E-state index contributed by atoms with van der Waals surface area (Å²) in [5.41, 5.74) is 2.46. The van der Waals surface area contributed by atoms with Gasteiger partial charge in [0.15, 0.2) is 0 Å². The van der Waals surface area contributed by atoms with Crippen LogP contribution in [0.3, 0.4) is 0 Å². The van der Waals surface area contributed by atoms with E-state index in [0.717, 1.165) is 11.3 Å². The molecule has 0 aliphatic carbocycles. The predicted octanol–water partition coefficient (Wildman–Crippen LogP) is 4.20. The van der Waals surface area contributed by atoms with Crippen molar-refractivity contribution in [3.05, 3.63) is 72.8 Å². The first-order valence-corrected chi connectivity index (χ1v) is 10.9. The smallest absolute Gasteiger partial charge is 0.262 e. The zero-order valence-corrected chi connectivity index (χ0v) is 17.3. The molecule has 0 aliphatic rings. The zero-order valence-electron chi connectivity index (χ0n) is 16.5. The van der Waals surface area contributed by atoms with E-state index in [-0.39, 0.29) is 4.90 Å². The Bertz CT molecular complexity index is 1320. The molecule has 4 rings (SSSR count). The SMILES string of the molecule is CCOc1ccc(S(=O)(=O)Nc2cccc(-c3ccnc(C)n3)c2)c2cccnc12. The van der Waals surface area contributed by atoms with Crippen LogP contribution in [0.25, 0.3) is 22.2 Å². The van der Waals surface area contributed by atoms with Gasteiger partial charge in [0.05, 0.1) is 17.2 Å². The number of sulfonamides is 1. The molecule has 8 heteroatoms. The Balaban J connectivity index is 1.72. The van der Waals surface area contributed by atoms with E-state index in [4.69, 9.17) is 4.74 Å². The van der Waals surface area contributed by atoms with Crippen molar-refractivity contribution >= 4 is 26.6 Å². The van der Waals surface area contributed by atoms with E-state index < -0.39 is 10.0 Å². The fourth-order valence-corrected chi connectivity index (χ4v) is 4.44. The van der Waals surface area contributed by atoms with Gasteiger partial charge < -0.3 is 4.74 Å². The molecule has 0 fully saturated rings. The van der Waals surface area contributed by atoms with Crippen LogP contribution in [-0.2, 0) is 10.0 Å². The van der Waals surface area contributed by atoms with E-state index >= 15 is 0 Å². The van der Waals surface area contributed by atoms with Crippen molar-refractivity contribution in [2.45, 2.75) is 18.7 Å². The van der Waals surface area contributed by atoms with Gasteiger partial charge in [-0.3, -0.25) is 9.71 Å². The molecule has 0 bridgehead atoms. The molecule has 152 valence electrons. The van der Waals surface area contributed by atoms with Gasteiger partial charge >= 0.3 is 0 Å². The molecular weight excluding hydrogens is 400 g/mol. The number of hydrogen-bond donors (Lipinski definition) is 1. The summed E-state index contributed by atoms with van der Waals surface area (Å²) in [5, 5.41) is 0.499. The summed E-state index contributed by atoms with van der Waals surface area (Å²) in [7, 11) is -3.86. The van der Waals surface area contributed by atoms with Crippen LogP contribution in [0.2, 0.25) is 0 Å². The fourth-order valence-electron chi connectivity index (χ4n) is 3.20.